The zero-order valence-electron chi connectivity index (χ0n) is 19.1. The van der Waals surface area contributed by atoms with E-state index in [-0.39, 0.29) is 0 Å². The maximum atomic E-state index is 4.32. The highest BCUT2D eigenvalue weighted by atomic mass is 32.1. The SMILES string of the molecule is C=CCC(/C=C\C(C)(C)CCCCCS)CC(C)CCCCCCCCC. The maximum absolute atomic E-state index is 4.32. The Morgan fingerprint density at radius 3 is 2.19 bits per heavy atom. The molecule has 0 aliphatic carbocycles. The first-order valence-electron chi connectivity index (χ1n) is 11.9. The monoisotopic (exact) mass is 394 g/mol. The average Bonchev–Trinajstić information content (AvgIpc) is 2.63. The summed E-state index contributed by atoms with van der Waals surface area (Å²) in [7, 11) is 0. The van der Waals surface area contributed by atoms with Gasteiger partial charge in [0.2, 0.25) is 0 Å². The number of hydrogen-bond donors (Lipinski definition) is 1. The largest absolute Gasteiger partial charge is 0.179 e. The van der Waals surface area contributed by atoms with Crippen molar-refractivity contribution in [2.45, 2.75) is 118 Å². The second kappa shape index (κ2) is 17.9. The van der Waals surface area contributed by atoms with E-state index >= 15 is 0 Å². The lowest BCUT2D eigenvalue weighted by Crippen LogP contribution is -2.10. The van der Waals surface area contributed by atoms with E-state index in [4.69, 9.17) is 0 Å². The van der Waals surface area contributed by atoms with Crippen LogP contribution in [0.5, 0.6) is 0 Å². The Balaban J connectivity index is 4.16. The fourth-order valence-corrected chi connectivity index (χ4v) is 4.12. The van der Waals surface area contributed by atoms with Gasteiger partial charge in [0.15, 0.2) is 0 Å². The summed E-state index contributed by atoms with van der Waals surface area (Å²) < 4.78 is 0. The van der Waals surface area contributed by atoms with Gasteiger partial charge < -0.3 is 0 Å². The number of allylic oxidation sites excluding steroid dienone is 3. The summed E-state index contributed by atoms with van der Waals surface area (Å²) in [6.07, 6.45) is 26.0. The summed E-state index contributed by atoms with van der Waals surface area (Å²) >= 11 is 4.32. The molecular weight excluding hydrogens is 344 g/mol. The molecule has 0 aliphatic heterocycles. The van der Waals surface area contributed by atoms with Crippen molar-refractivity contribution >= 4 is 12.6 Å². The Kier molecular flexibility index (Phi) is 17.8. The molecule has 0 amide bonds. The first kappa shape index (κ1) is 26.8. The molecule has 0 N–H and O–H groups in total. The van der Waals surface area contributed by atoms with E-state index in [1.807, 2.05) is 0 Å². The van der Waals surface area contributed by atoms with E-state index < -0.39 is 0 Å². The van der Waals surface area contributed by atoms with Crippen LogP contribution in [0.4, 0.5) is 0 Å². The van der Waals surface area contributed by atoms with Crippen LogP contribution in [-0.2, 0) is 0 Å². The molecule has 2 unspecified atom stereocenters. The van der Waals surface area contributed by atoms with Gasteiger partial charge in [0, 0.05) is 0 Å². The van der Waals surface area contributed by atoms with Gasteiger partial charge in [-0.15, -0.1) is 6.58 Å². The zero-order chi connectivity index (χ0) is 20.4. The third-order valence-electron chi connectivity index (χ3n) is 5.77. The van der Waals surface area contributed by atoms with Crippen molar-refractivity contribution < 1.29 is 0 Å². The molecule has 0 saturated heterocycles. The fraction of sp³-hybridized carbons (Fsp3) is 0.846. The van der Waals surface area contributed by atoms with E-state index in [0.717, 1.165) is 18.1 Å². The highest BCUT2D eigenvalue weighted by Gasteiger charge is 2.15. The number of thiol groups is 1. The van der Waals surface area contributed by atoms with Crippen molar-refractivity contribution in [2.24, 2.45) is 17.3 Å². The van der Waals surface area contributed by atoms with Crippen molar-refractivity contribution in [3.8, 4) is 0 Å². The van der Waals surface area contributed by atoms with Gasteiger partial charge in [-0.05, 0) is 48.7 Å². The molecule has 0 heterocycles. The van der Waals surface area contributed by atoms with Gasteiger partial charge >= 0.3 is 0 Å². The van der Waals surface area contributed by atoms with Gasteiger partial charge in [0.05, 0.1) is 0 Å². The summed E-state index contributed by atoms with van der Waals surface area (Å²) in [6, 6.07) is 0. The molecule has 0 spiro atoms. The second-order valence-corrected chi connectivity index (χ2v) is 9.86. The molecule has 0 fully saturated rings. The van der Waals surface area contributed by atoms with Crippen LogP contribution in [0.2, 0.25) is 0 Å². The van der Waals surface area contributed by atoms with Gasteiger partial charge in [-0.25, -0.2) is 0 Å². The van der Waals surface area contributed by atoms with Crippen LogP contribution >= 0.6 is 12.6 Å². The van der Waals surface area contributed by atoms with Crippen molar-refractivity contribution in [3.05, 3.63) is 24.8 Å². The minimum atomic E-state index is 0.317. The van der Waals surface area contributed by atoms with E-state index in [0.29, 0.717) is 11.3 Å². The predicted molar refractivity (Wildman–Crippen MR) is 130 cm³/mol. The summed E-state index contributed by atoms with van der Waals surface area (Å²) in [5.74, 6) is 2.52. The summed E-state index contributed by atoms with van der Waals surface area (Å²) in [5.41, 5.74) is 0.317. The Morgan fingerprint density at radius 1 is 0.926 bits per heavy atom. The van der Waals surface area contributed by atoms with Crippen LogP contribution in [0.3, 0.4) is 0 Å². The fourth-order valence-electron chi connectivity index (χ4n) is 3.90. The molecule has 27 heavy (non-hydrogen) atoms. The van der Waals surface area contributed by atoms with Crippen LogP contribution in [-0.4, -0.2) is 5.75 Å². The normalized spacial score (nSPS) is 14.6. The highest BCUT2D eigenvalue weighted by molar-refractivity contribution is 7.80. The first-order chi connectivity index (χ1) is 12.9. The van der Waals surface area contributed by atoms with Crippen molar-refractivity contribution in [3.63, 3.8) is 0 Å². The summed E-state index contributed by atoms with van der Waals surface area (Å²) in [4.78, 5) is 0. The minimum absolute atomic E-state index is 0.317. The lowest BCUT2D eigenvalue weighted by Gasteiger charge is -2.22. The van der Waals surface area contributed by atoms with Crippen LogP contribution in [0, 0.1) is 17.3 Å². The van der Waals surface area contributed by atoms with Gasteiger partial charge in [-0.1, -0.05) is 110 Å². The van der Waals surface area contributed by atoms with Crippen molar-refractivity contribution in [1.82, 2.24) is 0 Å². The van der Waals surface area contributed by atoms with E-state index in [1.165, 1.54) is 83.5 Å². The summed E-state index contributed by atoms with van der Waals surface area (Å²) in [6.45, 7) is 13.5. The van der Waals surface area contributed by atoms with Gasteiger partial charge in [0.25, 0.3) is 0 Å². The number of rotatable bonds is 19. The Hall–Kier alpha value is -0.170. The molecule has 0 nitrogen and oxygen atoms in total. The van der Waals surface area contributed by atoms with Gasteiger partial charge in [-0.3, -0.25) is 0 Å². The molecule has 0 rings (SSSR count). The number of unbranched alkanes of at least 4 members (excludes halogenated alkanes) is 8. The van der Waals surface area contributed by atoms with E-state index in [9.17, 15) is 0 Å². The standard InChI is InChI=1S/C26H50S/c1-6-8-9-10-11-12-14-18-24(3)23-25(17-7-2)19-21-26(4,5)20-15-13-16-22-27/h7,19,21,24-25,27H,2,6,8-18,20,22-23H2,1,3-5H3/b21-19-. The molecule has 0 aromatic carbocycles. The lowest BCUT2D eigenvalue weighted by molar-refractivity contribution is 0.389. The first-order valence-corrected chi connectivity index (χ1v) is 12.5. The summed E-state index contributed by atoms with van der Waals surface area (Å²) in [5, 5.41) is 0. The molecule has 1 heteroatoms. The third-order valence-corrected chi connectivity index (χ3v) is 6.09. The Bertz CT molecular complexity index is 355. The zero-order valence-corrected chi connectivity index (χ0v) is 20.0. The molecule has 2 atom stereocenters. The van der Waals surface area contributed by atoms with Crippen LogP contribution in [0.25, 0.3) is 0 Å². The third kappa shape index (κ3) is 17.6. The van der Waals surface area contributed by atoms with Crippen molar-refractivity contribution in [2.75, 3.05) is 5.75 Å². The molecule has 0 aromatic rings. The van der Waals surface area contributed by atoms with Gasteiger partial charge in [-0.2, -0.15) is 12.6 Å². The maximum Gasteiger partial charge on any atom is -0.00979 e. The highest BCUT2D eigenvalue weighted by Crippen LogP contribution is 2.29. The smallest absolute Gasteiger partial charge is 0.00979 e. The molecular formula is C26H50S. The van der Waals surface area contributed by atoms with Crippen LogP contribution in [0.1, 0.15) is 118 Å². The van der Waals surface area contributed by atoms with Crippen LogP contribution < -0.4 is 0 Å². The van der Waals surface area contributed by atoms with E-state index in [1.54, 1.807) is 0 Å². The Labute approximate surface area is 178 Å². The predicted octanol–water partition coefficient (Wildman–Crippen LogP) is 9.42. The average molecular weight is 395 g/mol. The lowest BCUT2D eigenvalue weighted by atomic mass is 9.83. The van der Waals surface area contributed by atoms with Crippen LogP contribution in [0.15, 0.2) is 24.8 Å². The van der Waals surface area contributed by atoms with E-state index in [2.05, 4.69) is 65.1 Å². The molecule has 0 saturated carbocycles. The van der Waals surface area contributed by atoms with Crippen molar-refractivity contribution in [1.29, 1.82) is 0 Å². The minimum Gasteiger partial charge on any atom is -0.179 e. The molecule has 0 aromatic heterocycles. The topological polar surface area (TPSA) is 0 Å². The molecule has 0 aliphatic rings. The molecule has 160 valence electrons. The quantitative estimate of drug-likeness (QED) is 0.126. The van der Waals surface area contributed by atoms with Gasteiger partial charge in [0.1, 0.15) is 0 Å². The second-order valence-electron chi connectivity index (χ2n) is 9.42. The Morgan fingerprint density at radius 2 is 1.56 bits per heavy atom. The number of hydrogen-bond acceptors (Lipinski definition) is 1. The molecule has 0 bridgehead atoms. The molecule has 0 radical (unpaired) electrons.